The Morgan fingerprint density at radius 1 is 1.09 bits per heavy atom. The Morgan fingerprint density at radius 2 is 1.86 bits per heavy atom. The topological polar surface area (TPSA) is 49.3 Å². The van der Waals surface area contributed by atoms with Gasteiger partial charge in [-0.15, -0.1) is 0 Å². The summed E-state index contributed by atoms with van der Waals surface area (Å²) >= 11 is 0. The molecule has 2 fully saturated rings. The first-order valence-corrected chi connectivity index (χ1v) is 8.62. The van der Waals surface area contributed by atoms with Crippen LogP contribution < -0.4 is 4.90 Å². The summed E-state index contributed by atoms with van der Waals surface area (Å²) in [6.45, 7) is 5.67. The van der Waals surface area contributed by atoms with Crippen molar-refractivity contribution in [3.8, 4) is 0 Å². The van der Waals surface area contributed by atoms with E-state index in [4.69, 9.17) is 4.98 Å². The van der Waals surface area contributed by atoms with Gasteiger partial charge in [-0.05, 0) is 32.6 Å². The molecule has 3 heterocycles. The number of hydrogen-bond acceptors (Lipinski definition) is 4. The van der Waals surface area contributed by atoms with Gasteiger partial charge in [-0.3, -0.25) is 4.79 Å². The third-order valence-corrected chi connectivity index (χ3v) is 5.32. The van der Waals surface area contributed by atoms with Gasteiger partial charge in [-0.1, -0.05) is 6.42 Å². The second-order valence-corrected chi connectivity index (χ2v) is 6.85. The van der Waals surface area contributed by atoms with Crippen LogP contribution in [0.4, 0.5) is 5.82 Å². The van der Waals surface area contributed by atoms with E-state index in [0.717, 1.165) is 56.2 Å². The molecule has 0 atom stereocenters. The van der Waals surface area contributed by atoms with Gasteiger partial charge in [0.2, 0.25) is 5.91 Å². The average molecular weight is 300 g/mol. The van der Waals surface area contributed by atoms with Crippen LogP contribution in [0.25, 0.3) is 0 Å². The lowest BCUT2D eigenvalue weighted by Crippen LogP contribution is -2.42. The van der Waals surface area contributed by atoms with Crippen molar-refractivity contribution in [3.05, 3.63) is 17.1 Å². The molecule has 3 aliphatic rings. The summed E-state index contributed by atoms with van der Waals surface area (Å²) in [5, 5.41) is 0. The van der Waals surface area contributed by atoms with Gasteiger partial charge in [-0.25, -0.2) is 9.97 Å². The normalized spacial score (nSPS) is 21.7. The molecule has 1 aromatic heterocycles. The fourth-order valence-electron chi connectivity index (χ4n) is 3.81. The molecule has 5 heteroatoms. The molecule has 2 aliphatic heterocycles. The highest BCUT2D eigenvalue weighted by molar-refractivity contribution is 5.80. The quantitative estimate of drug-likeness (QED) is 0.839. The molecule has 0 unspecified atom stereocenters. The predicted molar refractivity (Wildman–Crippen MR) is 84.7 cm³/mol. The summed E-state index contributed by atoms with van der Waals surface area (Å²) in [5.41, 5.74) is 2.36. The van der Waals surface area contributed by atoms with Crippen LogP contribution in [0.3, 0.4) is 0 Å². The van der Waals surface area contributed by atoms with E-state index in [9.17, 15) is 4.79 Å². The molecule has 118 valence electrons. The molecule has 0 N–H and O–H groups in total. The molecule has 22 heavy (non-hydrogen) atoms. The Hall–Kier alpha value is -1.65. The maximum Gasteiger partial charge on any atom is 0.225 e. The van der Waals surface area contributed by atoms with Crippen LogP contribution in [0.2, 0.25) is 0 Å². The molecule has 0 aromatic carbocycles. The van der Waals surface area contributed by atoms with Crippen LogP contribution in [0, 0.1) is 12.8 Å². The predicted octanol–water partition coefficient (Wildman–Crippen LogP) is 2.07. The largest absolute Gasteiger partial charge is 0.356 e. The Labute approximate surface area is 131 Å². The van der Waals surface area contributed by atoms with Crippen LogP contribution >= 0.6 is 0 Å². The van der Waals surface area contributed by atoms with Crippen LogP contribution in [0.5, 0.6) is 0 Å². The third kappa shape index (κ3) is 2.36. The summed E-state index contributed by atoms with van der Waals surface area (Å²) in [5.74, 6) is 2.58. The summed E-state index contributed by atoms with van der Waals surface area (Å²) in [6.07, 6.45) is 6.71. The zero-order valence-corrected chi connectivity index (χ0v) is 13.3. The number of carbonyl (C=O) groups excluding carboxylic acids is 1. The standard InChI is InChI=1S/C17H24N4O/c1-12-18-15-7-10-21(17(22)13-5-4-6-13)11-14(15)16(19-12)20-8-2-3-9-20/h13H,2-11H2,1H3. The lowest BCUT2D eigenvalue weighted by atomic mass is 9.84. The van der Waals surface area contributed by atoms with Gasteiger partial charge in [0.25, 0.3) is 0 Å². The van der Waals surface area contributed by atoms with E-state index in [2.05, 4.69) is 9.88 Å². The summed E-state index contributed by atoms with van der Waals surface area (Å²) in [4.78, 5) is 26.3. The zero-order valence-electron chi connectivity index (χ0n) is 13.3. The number of anilines is 1. The zero-order chi connectivity index (χ0) is 15.1. The van der Waals surface area contributed by atoms with Crippen molar-refractivity contribution in [2.75, 3.05) is 24.5 Å². The van der Waals surface area contributed by atoms with Crippen molar-refractivity contribution in [1.29, 1.82) is 0 Å². The summed E-state index contributed by atoms with van der Waals surface area (Å²) in [7, 11) is 0. The minimum Gasteiger partial charge on any atom is -0.356 e. The van der Waals surface area contributed by atoms with Gasteiger partial charge in [-0.2, -0.15) is 0 Å². The molecule has 1 amide bonds. The highest BCUT2D eigenvalue weighted by atomic mass is 16.2. The molecular formula is C17H24N4O. The van der Waals surface area contributed by atoms with Gasteiger partial charge >= 0.3 is 0 Å². The van der Waals surface area contributed by atoms with Gasteiger partial charge < -0.3 is 9.80 Å². The first-order valence-electron chi connectivity index (χ1n) is 8.62. The Kier molecular flexibility index (Phi) is 3.51. The first kappa shape index (κ1) is 14.0. The van der Waals surface area contributed by atoms with E-state index in [1.807, 2.05) is 11.8 Å². The lowest BCUT2D eigenvalue weighted by molar-refractivity contribution is -0.139. The van der Waals surface area contributed by atoms with Crippen LogP contribution in [-0.4, -0.2) is 40.4 Å². The number of nitrogens with zero attached hydrogens (tertiary/aromatic N) is 4. The second-order valence-electron chi connectivity index (χ2n) is 6.85. The number of aryl methyl sites for hydroxylation is 1. The van der Waals surface area contributed by atoms with Crippen LogP contribution in [-0.2, 0) is 17.8 Å². The van der Waals surface area contributed by atoms with E-state index in [0.29, 0.717) is 12.5 Å². The first-order chi connectivity index (χ1) is 10.7. The maximum atomic E-state index is 12.6. The molecule has 0 spiro atoms. The van der Waals surface area contributed by atoms with Gasteiger partial charge in [0.05, 0.1) is 12.2 Å². The summed E-state index contributed by atoms with van der Waals surface area (Å²) < 4.78 is 0. The minimum atomic E-state index is 0.281. The molecule has 4 rings (SSSR count). The molecule has 1 aliphatic carbocycles. The fourth-order valence-corrected chi connectivity index (χ4v) is 3.81. The molecular weight excluding hydrogens is 276 g/mol. The third-order valence-electron chi connectivity index (χ3n) is 5.32. The van der Waals surface area contributed by atoms with Crippen molar-refractivity contribution in [3.63, 3.8) is 0 Å². The SMILES string of the molecule is Cc1nc2c(c(N3CCCC3)n1)CN(C(=O)C1CCC1)CC2. The van der Waals surface area contributed by atoms with E-state index in [-0.39, 0.29) is 5.92 Å². The van der Waals surface area contributed by atoms with Crippen molar-refractivity contribution < 1.29 is 4.79 Å². The van der Waals surface area contributed by atoms with E-state index in [1.54, 1.807) is 0 Å². The number of fused-ring (bicyclic) bond motifs is 1. The minimum absolute atomic E-state index is 0.281. The number of rotatable bonds is 2. The smallest absolute Gasteiger partial charge is 0.225 e. The fraction of sp³-hybridized carbons (Fsp3) is 0.706. The molecule has 5 nitrogen and oxygen atoms in total. The lowest BCUT2D eigenvalue weighted by Gasteiger charge is -2.35. The van der Waals surface area contributed by atoms with Gasteiger partial charge in [0.15, 0.2) is 0 Å². The average Bonchev–Trinajstić information content (AvgIpc) is 2.98. The highest BCUT2D eigenvalue weighted by Crippen LogP contribution is 2.33. The Balaban J connectivity index is 1.62. The number of amides is 1. The van der Waals surface area contributed by atoms with Gasteiger partial charge in [0.1, 0.15) is 11.6 Å². The maximum absolute atomic E-state index is 12.6. The van der Waals surface area contributed by atoms with Crippen LogP contribution in [0.1, 0.15) is 49.2 Å². The summed E-state index contributed by atoms with van der Waals surface area (Å²) in [6, 6.07) is 0. The van der Waals surface area contributed by atoms with Crippen LogP contribution in [0.15, 0.2) is 0 Å². The number of aromatic nitrogens is 2. The molecule has 0 bridgehead atoms. The van der Waals surface area contributed by atoms with Gasteiger partial charge in [0, 0.05) is 37.5 Å². The van der Waals surface area contributed by atoms with E-state index in [1.165, 1.54) is 24.8 Å². The highest BCUT2D eigenvalue weighted by Gasteiger charge is 2.33. The second kappa shape index (κ2) is 5.52. The Morgan fingerprint density at radius 3 is 2.55 bits per heavy atom. The molecule has 1 saturated carbocycles. The van der Waals surface area contributed by atoms with Crippen molar-refractivity contribution in [2.24, 2.45) is 5.92 Å². The molecule has 0 radical (unpaired) electrons. The van der Waals surface area contributed by atoms with Crippen molar-refractivity contribution in [2.45, 2.75) is 52.0 Å². The van der Waals surface area contributed by atoms with Crippen molar-refractivity contribution in [1.82, 2.24) is 14.9 Å². The Bertz CT molecular complexity index is 591. The van der Waals surface area contributed by atoms with Crippen molar-refractivity contribution >= 4 is 11.7 Å². The van der Waals surface area contributed by atoms with E-state index < -0.39 is 0 Å². The number of hydrogen-bond donors (Lipinski definition) is 0. The monoisotopic (exact) mass is 300 g/mol. The number of carbonyl (C=O) groups is 1. The van der Waals surface area contributed by atoms with E-state index >= 15 is 0 Å². The molecule has 1 aromatic rings. The molecule has 1 saturated heterocycles.